The zero-order chi connectivity index (χ0) is 15.1. The van der Waals surface area contributed by atoms with Gasteiger partial charge in [-0.3, -0.25) is 0 Å². The first kappa shape index (κ1) is 15.3. The fourth-order valence-electron chi connectivity index (χ4n) is 3.18. The average Bonchev–Trinajstić information content (AvgIpc) is 2.77. The lowest BCUT2D eigenvalue weighted by molar-refractivity contribution is 0.445. The summed E-state index contributed by atoms with van der Waals surface area (Å²) >= 11 is 0. The molecule has 0 aliphatic heterocycles. The van der Waals surface area contributed by atoms with E-state index >= 15 is 0 Å². The predicted octanol–water partition coefficient (Wildman–Crippen LogP) is 5.57. The molecule has 1 aliphatic rings. The molecule has 1 atom stereocenters. The molecule has 0 fully saturated rings. The van der Waals surface area contributed by atoms with Crippen LogP contribution in [0.5, 0.6) is 0 Å². The topological polar surface area (TPSA) is 0 Å². The largest absolute Gasteiger partial charge is 0.0775 e. The Morgan fingerprint density at radius 1 is 1.05 bits per heavy atom. The van der Waals surface area contributed by atoms with E-state index in [9.17, 15) is 0 Å². The molecule has 0 N–H and O–H groups in total. The smallest absolute Gasteiger partial charge is 0.0771 e. The molecule has 1 unspecified atom stereocenters. The summed E-state index contributed by atoms with van der Waals surface area (Å²) in [5.74, 6) is 0.519. The molecule has 20 heavy (non-hydrogen) atoms. The predicted molar refractivity (Wildman–Crippen MR) is 93.0 cm³/mol. The minimum atomic E-state index is -1.19. The number of hydrogen-bond acceptors (Lipinski definition) is 0. The lowest BCUT2D eigenvalue weighted by Gasteiger charge is -2.32. The molecular weight excluding hydrogens is 256 g/mol. The third-order valence-electron chi connectivity index (χ3n) is 4.62. The van der Waals surface area contributed by atoms with Crippen LogP contribution in [0.2, 0.25) is 19.6 Å². The van der Waals surface area contributed by atoms with E-state index < -0.39 is 8.07 Å². The van der Waals surface area contributed by atoms with Crippen molar-refractivity contribution in [2.24, 2.45) is 5.92 Å². The zero-order valence-corrected chi connectivity index (χ0v) is 15.0. The molecule has 108 valence electrons. The summed E-state index contributed by atoms with van der Waals surface area (Å²) in [7, 11) is -1.19. The second-order valence-corrected chi connectivity index (χ2v) is 12.9. The fourth-order valence-corrected chi connectivity index (χ4v) is 4.45. The minimum absolute atomic E-state index is 0.162. The van der Waals surface area contributed by atoms with Crippen molar-refractivity contribution in [1.29, 1.82) is 0 Å². The van der Waals surface area contributed by atoms with Crippen molar-refractivity contribution in [3.05, 3.63) is 58.3 Å². The molecule has 1 heteroatoms. The summed E-state index contributed by atoms with van der Waals surface area (Å²) < 4.78 is 0. The Balaban J connectivity index is 2.37. The second-order valence-electron chi connectivity index (χ2n) is 7.80. The van der Waals surface area contributed by atoms with E-state index in [2.05, 4.69) is 83.8 Å². The van der Waals surface area contributed by atoms with Crippen molar-refractivity contribution in [2.45, 2.75) is 52.8 Å². The number of hydrogen-bond donors (Lipinski definition) is 0. The highest BCUT2D eigenvalue weighted by atomic mass is 28.3. The maximum Gasteiger partial charge on any atom is 0.0771 e. The highest BCUT2D eigenvalue weighted by molar-refractivity contribution is 6.83. The number of allylic oxidation sites excluding steroid dienone is 4. The van der Waals surface area contributed by atoms with Crippen LogP contribution in [0.25, 0.3) is 0 Å². The summed E-state index contributed by atoms with van der Waals surface area (Å²) in [5, 5.41) is 1.60. The lowest BCUT2D eigenvalue weighted by Crippen LogP contribution is -2.27. The molecule has 0 saturated heterocycles. The van der Waals surface area contributed by atoms with Crippen LogP contribution < -0.4 is 0 Å². The Bertz CT molecular complexity index is 568. The van der Waals surface area contributed by atoms with Gasteiger partial charge in [0.15, 0.2) is 0 Å². The third kappa shape index (κ3) is 2.83. The Morgan fingerprint density at radius 3 is 2.20 bits per heavy atom. The van der Waals surface area contributed by atoms with Gasteiger partial charge in [-0.15, -0.1) is 0 Å². The lowest BCUT2D eigenvalue weighted by atomic mass is 9.72. The summed E-state index contributed by atoms with van der Waals surface area (Å²) in [4.78, 5) is 0. The first-order chi connectivity index (χ1) is 9.12. The minimum Gasteiger partial charge on any atom is -0.0775 e. The molecule has 0 saturated carbocycles. The molecule has 1 aromatic rings. The van der Waals surface area contributed by atoms with Gasteiger partial charge in [0.1, 0.15) is 0 Å². The summed E-state index contributed by atoms with van der Waals surface area (Å²) in [5.41, 5.74) is 4.40. The Morgan fingerprint density at radius 2 is 1.70 bits per heavy atom. The van der Waals surface area contributed by atoms with E-state index in [0.29, 0.717) is 5.92 Å². The van der Waals surface area contributed by atoms with Gasteiger partial charge in [0, 0.05) is 5.92 Å². The van der Waals surface area contributed by atoms with Gasteiger partial charge < -0.3 is 0 Å². The van der Waals surface area contributed by atoms with Gasteiger partial charge in [-0.25, -0.2) is 0 Å². The molecule has 0 amide bonds. The molecule has 0 radical (unpaired) electrons. The molecular formula is C19H28Si. The van der Waals surface area contributed by atoms with Crippen LogP contribution >= 0.6 is 0 Å². The summed E-state index contributed by atoms with van der Waals surface area (Å²) in [6.07, 6.45) is 7.31. The molecule has 1 aliphatic carbocycles. The number of aryl methyl sites for hydroxylation is 2. The molecule has 0 aromatic heterocycles. The Labute approximate surface area is 125 Å². The maximum atomic E-state index is 2.52. The highest BCUT2D eigenvalue weighted by Crippen LogP contribution is 2.40. The first-order valence-corrected chi connectivity index (χ1v) is 11.1. The maximum absolute atomic E-state index is 2.52. The van der Waals surface area contributed by atoms with Crippen LogP contribution in [0.15, 0.2) is 41.6 Å². The number of rotatable bonds is 3. The van der Waals surface area contributed by atoms with Crippen molar-refractivity contribution < 1.29 is 0 Å². The van der Waals surface area contributed by atoms with Gasteiger partial charge in [-0.05, 0) is 30.4 Å². The third-order valence-corrected chi connectivity index (χ3v) is 6.68. The van der Waals surface area contributed by atoms with Crippen molar-refractivity contribution in [3.8, 4) is 0 Å². The van der Waals surface area contributed by atoms with Gasteiger partial charge >= 0.3 is 0 Å². The molecule has 0 spiro atoms. The van der Waals surface area contributed by atoms with E-state index in [0.717, 1.165) is 0 Å². The molecule has 0 bridgehead atoms. The zero-order valence-electron chi connectivity index (χ0n) is 14.0. The van der Waals surface area contributed by atoms with E-state index in [-0.39, 0.29) is 5.41 Å². The first-order valence-electron chi connectivity index (χ1n) is 7.60. The average molecular weight is 285 g/mol. The highest BCUT2D eigenvalue weighted by Gasteiger charge is 2.33. The van der Waals surface area contributed by atoms with E-state index in [1.807, 2.05) is 0 Å². The van der Waals surface area contributed by atoms with Crippen LogP contribution in [0.4, 0.5) is 0 Å². The molecule has 0 nitrogen and oxygen atoms in total. The standard InChI is InChI=1S/C19H28Si/c1-14-8-11-18(15(2)12-14)19(3,4)16-9-10-17(13-16)20(5,6)7/h8-13,16H,1-7H3. The fraction of sp³-hybridized carbons (Fsp3) is 0.474. The van der Waals surface area contributed by atoms with Gasteiger partial charge in [0.25, 0.3) is 0 Å². The Kier molecular flexibility index (Phi) is 3.85. The van der Waals surface area contributed by atoms with Crippen molar-refractivity contribution >= 4 is 8.07 Å². The van der Waals surface area contributed by atoms with Gasteiger partial charge in [0.05, 0.1) is 8.07 Å². The molecule has 2 rings (SSSR count). The summed E-state index contributed by atoms with van der Waals surface area (Å²) in [6, 6.07) is 6.86. The quantitative estimate of drug-likeness (QED) is 0.636. The van der Waals surface area contributed by atoms with Gasteiger partial charge in [0.2, 0.25) is 0 Å². The van der Waals surface area contributed by atoms with Gasteiger partial charge in [-0.2, -0.15) is 0 Å². The van der Waals surface area contributed by atoms with E-state index in [4.69, 9.17) is 0 Å². The van der Waals surface area contributed by atoms with Gasteiger partial charge in [-0.1, -0.05) is 80.7 Å². The van der Waals surface area contributed by atoms with Crippen molar-refractivity contribution in [2.75, 3.05) is 0 Å². The number of benzene rings is 1. The van der Waals surface area contributed by atoms with Crippen LogP contribution in [-0.4, -0.2) is 8.07 Å². The summed E-state index contributed by atoms with van der Waals surface area (Å²) in [6.45, 7) is 16.4. The normalized spacial score (nSPS) is 19.4. The van der Waals surface area contributed by atoms with E-state index in [1.165, 1.54) is 16.7 Å². The van der Waals surface area contributed by atoms with E-state index in [1.54, 1.807) is 5.20 Å². The van der Waals surface area contributed by atoms with Crippen LogP contribution in [0.1, 0.15) is 30.5 Å². The van der Waals surface area contributed by atoms with Crippen LogP contribution in [0.3, 0.4) is 0 Å². The van der Waals surface area contributed by atoms with Crippen LogP contribution in [-0.2, 0) is 5.41 Å². The molecule has 0 heterocycles. The molecule has 1 aromatic carbocycles. The Hall–Kier alpha value is -1.08. The van der Waals surface area contributed by atoms with Crippen molar-refractivity contribution in [1.82, 2.24) is 0 Å². The second kappa shape index (κ2) is 5.03. The van der Waals surface area contributed by atoms with Crippen LogP contribution in [0, 0.1) is 19.8 Å². The van der Waals surface area contributed by atoms with Crippen molar-refractivity contribution in [3.63, 3.8) is 0 Å². The SMILES string of the molecule is Cc1ccc(C(C)(C)C2C=CC([Si](C)(C)C)=C2)c(C)c1. The monoisotopic (exact) mass is 284 g/mol.